The Morgan fingerprint density at radius 2 is 2.39 bits per heavy atom. The lowest BCUT2D eigenvalue weighted by molar-refractivity contribution is -0.141. The third-order valence-corrected chi connectivity index (χ3v) is 3.05. The van der Waals surface area contributed by atoms with Crippen LogP contribution in [0.25, 0.3) is 11.0 Å². The van der Waals surface area contributed by atoms with E-state index < -0.39 is 12.0 Å². The Morgan fingerprint density at radius 3 is 3.22 bits per heavy atom. The van der Waals surface area contributed by atoms with Gasteiger partial charge in [-0.05, 0) is 12.1 Å². The number of carboxylic acids is 1. The zero-order chi connectivity index (χ0) is 12.5. The van der Waals surface area contributed by atoms with Crippen molar-refractivity contribution in [1.82, 2.24) is 15.4 Å². The van der Waals surface area contributed by atoms with E-state index in [1.807, 2.05) is 18.2 Å². The summed E-state index contributed by atoms with van der Waals surface area (Å²) in [5, 5.41) is 19.9. The van der Waals surface area contributed by atoms with Crippen molar-refractivity contribution in [3.63, 3.8) is 0 Å². The minimum absolute atomic E-state index is 0.184. The molecule has 0 aliphatic carbocycles. The molecule has 1 fully saturated rings. The number of ether oxygens (including phenoxy) is 1. The number of hydrogen-bond acceptors (Lipinski definition) is 5. The topological polar surface area (TPSA) is 91.3 Å². The molecule has 0 bridgehead atoms. The Labute approximate surface area is 102 Å². The van der Waals surface area contributed by atoms with Crippen LogP contribution in [0.2, 0.25) is 0 Å². The predicted octanol–water partition coefficient (Wildman–Crippen LogP) is 0.248. The largest absolute Gasteiger partial charge is 0.480 e. The van der Waals surface area contributed by atoms with Crippen LogP contribution in [0.4, 0.5) is 5.69 Å². The molecule has 2 aromatic rings. The molecule has 2 heterocycles. The number of carboxylic acid groups (broad SMARTS) is 1. The van der Waals surface area contributed by atoms with E-state index in [0.29, 0.717) is 18.7 Å². The van der Waals surface area contributed by atoms with Gasteiger partial charge < -0.3 is 14.7 Å². The standard InChI is InChI=1S/C11H12N4O3/c16-11(17)9-6-18-5-4-15(9)8-3-1-2-7-10(8)13-14-12-7/h1-3,9H,4-6H2,(H,16,17)(H,12,13,14). The lowest BCUT2D eigenvalue weighted by atomic mass is 10.1. The van der Waals surface area contributed by atoms with Crippen molar-refractivity contribution < 1.29 is 14.6 Å². The first kappa shape index (κ1) is 11.0. The Kier molecular flexibility index (Phi) is 2.60. The molecule has 94 valence electrons. The summed E-state index contributed by atoms with van der Waals surface area (Å²) in [4.78, 5) is 13.0. The number of fused-ring (bicyclic) bond motifs is 1. The van der Waals surface area contributed by atoms with Gasteiger partial charge in [-0.2, -0.15) is 15.4 Å². The molecule has 1 aromatic carbocycles. The van der Waals surface area contributed by atoms with Crippen molar-refractivity contribution in [2.45, 2.75) is 6.04 Å². The summed E-state index contributed by atoms with van der Waals surface area (Å²) in [6.07, 6.45) is 0. The van der Waals surface area contributed by atoms with Gasteiger partial charge in [-0.25, -0.2) is 4.79 Å². The van der Waals surface area contributed by atoms with Crippen molar-refractivity contribution in [2.75, 3.05) is 24.7 Å². The summed E-state index contributed by atoms with van der Waals surface area (Å²) >= 11 is 0. The van der Waals surface area contributed by atoms with E-state index in [1.54, 1.807) is 4.90 Å². The Bertz CT molecular complexity index is 582. The molecule has 1 aliphatic rings. The van der Waals surface area contributed by atoms with Crippen LogP contribution in [0.3, 0.4) is 0 Å². The number of morpholine rings is 1. The minimum atomic E-state index is -0.893. The number of benzene rings is 1. The second-order valence-electron chi connectivity index (χ2n) is 4.09. The predicted molar refractivity (Wildman–Crippen MR) is 63.5 cm³/mol. The number of aliphatic carboxylic acids is 1. The number of nitrogens with zero attached hydrogens (tertiary/aromatic N) is 3. The number of aromatic nitrogens is 3. The molecular weight excluding hydrogens is 236 g/mol. The SMILES string of the molecule is O=C(O)C1COCCN1c1cccc2n[nH]nc12. The van der Waals surface area contributed by atoms with Gasteiger partial charge in [-0.15, -0.1) is 0 Å². The van der Waals surface area contributed by atoms with Gasteiger partial charge in [0.15, 0.2) is 6.04 Å². The third kappa shape index (κ3) is 1.68. The van der Waals surface area contributed by atoms with Crippen molar-refractivity contribution in [2.24, 2.45) is 0 Å². The first-order chi connectivity index (χ1) is 8.77. The van der Waals surface area contributed by atoms with E-state index in [-0.39, 0.29) is 6.61 Å². The number of aromatic amines is 1. The van der Waals surface area contributed by atoms with Gasteiger partial charge in [0.05, 0.1) is 18.9 Å². The highest BCUT2D eigenvalue weighted by Gasteiger charge is 2.30. The molecule has 7 nitrogen and oxygen atoms in total. The average Bonchev–Trinajstić information content (AvgIpc) is 2.86. The van der Waals surface area contributed by atoms with Crippen molar-refractivity contribution >= 4 is 22.7 Å². The summed E-state index contributed by atoms with van der Waals surface area (Å²) in [6, 6.07) is 4.85. The van der Waals surface area contributed by atoms with Crippen LogP contribution in [-0.2, 0) is 9.53 Å². The second-order valence-corrected chi connectivity index (χ2v) is 4.09. The monoisotopic (exact) mass is 248 g/mol. The summed E-state index contributed by atoms with van der Waals surface area (Å²) in [5.41, 5.74) is 2.19. The zero-order valence-electron chi connectivity index (χ0n) is 9.54. The molecule has 0 spiro atoms. The molecule has 0 amide bonds. The molecule has 2 N–H and O–H groups in total. The van der Waals surface area contributed by atoms with Gasteiger partial charge in [-0.1, -0.05) is 6.07 Å². The summed E-state index contributed by atoms with van der Waals surface area (Å²) in [5.74, 6) is -0.893. The zero-order valence-corrected chi connectivity index (χ0v) is 9.54. The van der Waals surface area contributed by atoms with Gasteiger partial charge in [-0.3, -0.25) is 0 Å². The Hall–Kier alpha value is -2.15. The van der Waals surface area contributed by atoms with Crippen molar-refractivity contribution in [3.05, 3.63) is 18.2 Å². The fourth-order valence-corrected chi connectivity index (χ4v) is 2.18. The van der Waals surface area contributed by atoms with Crippen LogP contribution >= 0.6 is 0 Å². The highest BCUT2D eigenvalue weighted by molar-refractivity contribution is 5.90. The average molecular weight is 248 g/mol. The Morgan fingerprint density at radius 1 is 1.50 bits per heavy atom. The minimum Gasteiger partial charge on any atom is -0.480 e. The van der Waals surface area contributed by atoms with Crippen molar-refractivity contribution in [3.8, 4) is 0 Å². The molecular formula is C11H12N4O3. The van der Waals surface area contributed by atoms with E-state index in [9.17, 15) is 9.90 Å². The highest BCUT2D eigenvalue weighted by Crippen LogP contribution is 2.26. The fourth-order valence-electron chi connectivity index (χ4n) is 2.18. The van der Waals surface area contributed by atoms with Crippen LogP contribution in [0, 0.1) is 0 Å². The normalized spacial score (nSPS) is 20.2. The van der Waals surface area contributed by atoms with Crippen LogP contribution in [0.5, 0.6) is 0 Å². The molecule has 7 heteroatoms. The van der Waals surface area contributed by atoms with Crippen LogP contribution in [0.1, 0.15) is 0 Å². The molecule has 1 saturated heterocycles. The van der Waals surface area contributed by atoms with E-state index in [0.717, 1.165) is 11.2 Å². The number of rotatable bonds is 2. The quantitative estimate of drug-likeness (QED) is 0.791. The van der Waals surface area contributed by atoms with E-state index in [1.165, 1.54) is 0 Å². The first-order valence-corrected chi connectivity index (χ1v) is 5.64. The maximum Gasteiger partial charge on any atom is 0.328 e. The van der Waals surface area contributed by atoms with Gasteiger partial charge in [0.2, 0.25) is 0 Å². The van der Waals surface area contributed by atoms with E-state index in [2.05, 4.69) is 15.4 Å². The molecule has 18 heavy (non-hydrogen) atoms. The van der Waals surface area contributed by atoms with Crippen LogP contribution in [-0.4, -0.2) is 52.3 Å². The molecule has 1 atom stereocenters. The number of H-pyrrole nitrogens is 1. The highest BCUT2D eigenvalue weighted by atomic mass is 16.5. The number of nitrogens with one attached hydrogen (secondary N) is 1. The van der Waals surface area contributed by atoms with E-state index in [4.69, 9.17) is 4.74 Å². The molecule has 0 saturated carbocycles. The number of carbonyl (C=O) groups is 1. The van der Waals surface area contributed by atoms with Gasteiger partial charge in [0, 0.05) is 6.54 Å². The summed E-state index contributed by atoms with van der Waals surface area (Å²) in [6.45, 7) is 1.23. The lowest BCUT2D eigenvalue weighted by Gasteiger charge is -2.34. The van der Waals surface area contributed by atoms with Crippen LogP contribution in [0.15, 0.2) is 18.2 Å². The second kappa shape index (κ2) is 4.26. The van der Waals surface area contributed by atoms with E-state index >= 15 is 0 Å². The lowest BCUT2D eigenvalue weighted by Crippen LogP contribution is -2.50. The molecule has 0 radical (unpaired) electrons. The maximum absolute atomic E-state index is 11.2. The van der Waals surface area contributed by atoms with Gasteiger partial charge in [0.1, 0.15) is 11.0 Å². The summed E-state index contributed by atoms with van der Waals surface area (Å²) < 4.78 is 5.22. The molecule has 1 unspecified atom stereocenters. The maximum atomic E-state index is 11.2. The number of para-hydroxylation sites is 1. The fraction of sp³-hybridized carbons (Fsp3) is 0.364. The van der Waals surface area contributed by atoms with Crippen molar-refractivity contribution in [1.29, 1.82) is 0 Å². The number of hydrogen-bond donors (Lipinski definition) is 2. The van der Waals surface area contributed by atoms with Crippen LogP contribution < -0.4 is 4.90 Å². The third-order valence-electron chi connectivity index (χ3n) is 3.05. The molecule has 1 aromatic heterocycles. The first-order valence-electron chi connectivity index (χ1n) is 5.64. The smallest absolute Gasteiger partial charge is 0.328 e. The van der Waals surface area contributed by atoms with Gasteiger partial charge in [0.25, 0.3) is 0 Å². The van der Waals surface area contributed by atoms with Gasteiger partial charge >= 0.3 is 5.97 Å². The Balaban J connectivity index is 2.06. The summed E-state index contributed by atoms with van der Waals surface area (Å²) in [7, 11) is 0. The molecule has 1 aliphatic heterocycles. The molecule has 3 rings (SSSR count). The number of anilines is 1.